The fourth-order valence-corrected chi connectivity index (χ4v) is 1.45. The lowest BCUT2D eigenvalue weighted by molar-refractivity contribution is 0.404. The largest absolute Gasteiger partial charge is 0.504 e. The Labute approximate surface area is 88.4 Å². The Kier molecular flexibility index (Phi) is 2.34. The van der Waals surface area contributed by atoms with Crippen molar-refractivity contribution in [1.29, 1.82) is 0 Å². The van der Waals surface area contributed by atoms with Gasteiger partial charge in [0.25, 0.3) is 0 Å². The number of hydrogen-bond acceptors (Lipinski definition) is 2. The van der Waals surface area contributed by atoms with Crippen LogP contribution < -0.4 is 0 Å². The highest BCUT2D eigenvalue weighted by Gasteiger charge is 2.02. The van der Waals surface area contributed by atoms with Crippen molar-refractivity contribution in [2.24, 2.45) is 0 Å². The third kappa shape index (κ3) is 1.94. The molecule has 0 fully saturated rings. The van der Waals surface area contributed by atoms with Gasteiger partial charge in [-0.1, -0.05) is 35.9 Å². The first-order valence-electron chi connectivity index (χ1n) is 4.76. The van der Waals surface area contributed by atoms with Gasteiger partial charge in [0.2, 0.25) is 0 Å². The van der Waals surface area contributed by atoms with Crippen LogP contribution in [0.3, 0.4) is 0 Å². The number of phenolic OH excluding ortho intramolecular Hbond substituents is 2. The molecule has 2 N–H and O–H groups in total. The predicted octanol–water partition coefficient (Wildman–Crippen LogP) is 3.07. The Morgan fingerprint density at radius 2 is 1.33 bits per heavy atom. The molecule has 0 bridgehead atoms. The van der Waals surface area contributed by atoms with E-state index in [-0.39, 0.29) is 11.5 Å². The molecule has 0 saturated heterocycles. The van der Waals surface area contributed by atoms with Crippen molar-refractivity contribution in [3.8, 4) is 22.6 Å². The number of rotatable bonds is 1. The van der Waals surface area contributed by atoms with Gasteiger partial charge in [-0.25, -0.2) is 0 Å². The highest BCUT2D eigenvalue weighted by atomic mass is 16.3. The van der Waals surface area contributed by atoms with Crippen molar-refractivity contribution in [3.63, 3.8) is 0 Å². The van der Waals surface area contributed by atoms with E-state index in [0.29, 0.717) is 0 Å². The van der Waals surface area contributed by atoms with Gasteiger partial charge in [-0.05, 0) is 30.2 Å². The molecule has 0 aliphatic rings. The van der Waals surface area contributed by atoms with E-state index in [4.69, 9.17) is 0 Å². The third-order valence-electron chi connectivity index (χ3n) is 2.36. The summed E-state index contributed by atoms with van der Waals surface area (Å²) < 4.78 is 0. The first-order valence-corrected chi connectivity index (χ1v) is 4.76. The highest BCUT2D eigenvalue weighted by Crippen LogP contribution is 2.30. The predicted molar refractivity (Wildman–Crippen MR) is 59.9 cm³/mol. The summed E-state index contributed by atoms with van der Waals surface area (Å²) in [5, 5.41) is 18.6. The maximum atomic E-state index is 9.37. The smallest absolute Gasteiger partial charge is 0.158 e. The van der Waals surface area contributed by atoms with Gasteiger partial charge in [0, 0.05) is 0 Å². The van der Waals surface area contributed by atoms with E-state index >= 15 is 0 Å². The summed E-state index contributed by atoms with van der Waals surface area (Å²) in [6, 6.07) is 12.8. The van der Waals surface area contributed by atoms with Crippen LogP contribution in [0.4, 0.5) is 0 Å². The Hall–Kier alpha value is -1.96. The number of hydrogen-bond donors (Lipinski definition) is 2. The zero-order valence-corrected chi connectivity index (χ0v) is 8.44. The van der Waals surface area contributed by atoms with E-state index < -0.39 is 0 Å². The monoisotopic (exact) mass is 200 g/mol. The van der Waals surface area contributed by atoms with Crippen LogP contribution in [-0.4, -0.2) is 10.2 Å². The topological polar surface area (TPSA) is 40.5 Å². The second-order valence-electron chi connectivity index (χ2n) is 3.57. The molecule has 0 aliphatic carbocycles. The van der Waals surface area contributed by atoms with Gasteiger partial charge >= 0.3 is 0 Å². The molecule has 0 atom stereocenters. The molecule has 2 aromatic rings. The van der Waals surface area contributed by atoms with Crippen LogP contribution in [0.1, 0.15) is 5.56 Å². The van der Waals surface area contributed by atoms with Crippen molar-refractivity contribution in [1.82, 2.24) is 0 Å². The van der Waals surface area contributed by atoms with E-state index in [2.05, 4.69) is 0 Å². The molecule has 0 heterocycles. The van der Waals surface area contributed by atoms with Gasteiger partial charge < -0.3 is 10.2 Å². The van der Waals surface area contributed by atoms with Gasteiger partial charge in [-0.3, -0.25) is 0 Å². The van der Waals surface area contributed by atoms with Crippen molar-refractivity contribution in [3.05, 3.63) is 48.0 Å². The van der Waals surface area contributed by atoms with Crippen molar-refractivity contribution in [2.45, 2.75) is 6.92 Å². The Morgan fingerprint density at radius 1 is 0.733 bits per heavy atom. The van der Waals surface area contributed by atoms with Crippen LogP contribution in [-0.2, 0) is 0 Å². The van der Waals surface area contributed by atoms with Crippen LogP contribution in [0.15, 0.2) is 42.5 Å². The molecular formula is C13H12O2. The molecule has 2 rings (SSSR count). The van der Waals surface area contributed by atoms with Gasteiger partial charge in [0.1, 0.15) is 0 Å². The zero-order chi connectivity index (χ0) is 10.8. The zero-order valence-electron chi connectivity index (χ0n) is 8.44. The van der Waals surface area contributed by atoms with Crippen molar-refractivity contribution < 1.29 is 10.2 Å². The lowest BCUT2D eigenvalue weighted by Crippen LogP contribution is -1.78. The summed E-state index contributed by atoms with van der Waals surface area (Å²) in [6.07, 6.45) is 0. The van der Waals surface area contributed by atoms with E-state index in [9.17, 15) is 10.2 Å². The normalized spacial score (nSPS) is 10.2. The lowest BCUT2D eigenvalue weighted by Gasteiger charge is -2.04. The van der Waals surface area contributed by atoms with E-state index in [1.165, 1.54) is 11.6 Å². The maximum Gasteiger partial charge on any atom is 0.158 e. The summed E-state index contributed by atoms with van der Waals surface area (Å²) in [7, 11) is 0. The van der Waals surface area contributed by atoms with Crippen LogP contribution >= 0.6 is 0 Å². The SMILES string of the molecule is Cc1ccc(-c2ccc(O)c(O)c2)cc1. The Balaban J connectivity index is 2.45. The van der Waals surface area contributed by atoms with E-state index in [1.54, 1.807) is 12.1 Å². The molecule has 0 saturated carbocycles. The average molecular weight is 200 g/mol. The molecule has 76 valence electrons. The second kappa shape index (κ2) is 3.65. The molecule has 0 aliphatic heterocycles. The van der Waals surface area contributed by atoms with Crippen LogP contribution in [0.2, 0.25) is 0 Å². The quantitative estimate of drug-likeness (QED) is 0.694. The second-order valence-corrected chi connectivity index (χ2v) is 3.57. The van der Waals surface area contributed by atoms with Crippen LogP contribution in [0.5, 0.6) is 11.5 Å². The summed E-state index contributed by atoms with van der Waals surface area (Å²) in [4.78, 5) is 0. The fraction of sp³-hybridized carbons (Fsp3) is 0.0769. The first-order chi connectivity index (χ1) is 7.16. The molecule has 2 aromatic carbocycles. The van der Waals surface area contributed by atoms with Crippen LogP contribution in [0, 0.1) is 6.92 Å². The van der Waals surface area contributed by atoms with E-state index in [0.717, 1.165) is 11.1 Å². The molecule has 15 heavy (non-hydrogen) atoms. The first kappa shape index (κ1) is 9.59. The molecule has 0 unspecified atom stereocenters. The van der Waals surface area contributed by atoms with Gasteiger partial charge in [-0.2, -0.15) is 0 Å². The number of benzene rings is 2. The van der Waals surface area contributed by atoms with Gasteiger partial charge in [0.05, 0.1) is 0 Å². The molecule has 0 spiro atoms. The molecule has 0 aromatic heterocycles. The molecule has 2 heteroatoms. The maximum absolute atomic E-state index is 9.37. The van der Waals surface area contributed by atoms with Crippen LogP contribution in [0.25, 0.3) is 11.1 Å². The lowest BCUT2D eigenvalue weighted by atomic mass is 10.0. The minimum Gasteiger partial charge on any atom is -0.504 e. The minimum absolute atomic E-state index is 0.0897. The standard InChI is InChI=1S/C13H12O2/c1-9-2-4-10(5-3-9)11-6-7-12(14)13(15)8-11/h2-8,14-15H,1H3. The average Bonchev–Trinajstić information content (AvgIpc) is 2.23. The summed E-state index contributed by atoms with van der Waals surface area (Å²) in [5.41, 5.74) is 3.11. The van der Waals surface area contributed by atoms with Crippen molar-refractivity contribution >= 4 is 0 Å². The molecule has 2 nitrogen and oxygen atoms in total. The number of aromatic hydroxyl groups is 2. The van der Waals surface area contributed by atoms with Gasteiger partial charge in [-0.15, -0.1) is 0 Å². The summed E-state index contributed by atoms with van der Waals surface area (Å²) in [6.45, 7) is 2.03. The van der Waals surface area contributed by atoms with Crippen molar-refractivity contribution in [2.75, 3.05) is 0 Å². The molecular weight excluding hydrogens is 188 g/mol. The highest BCUT2D eigenvalue weighted by molar-refractivity contribution is 5.66. The molecule has 0 amide bonds. The Morgan fingerprint density at radius 3 is 1.93 bits per heavy atom. The van der Waals surface area contributed by atoms with E-state index in [1.807, 2.05) is 31.2 Å². The Bertz CT molecular complexity index is 472. The summed E-state index contributed by atoms with van der Waals surface area (Å²) in [5.74, 6) is -0.182. The number of aryl methyl sites for hydroxylation is 1. The fourth-order valence-electron chi connectivity index (χ4n) is 1.45. The summed E-state index contributed by atoms with van der Waals surface area (Å²) >= 11 is 0. The number of phenols is 2. The third-order valence-corrected chi connectivity index (χ3v) is 2.36. The minimum atomic E-state index is -0.0918. The van der Waals surface area contributed by atoms with Gasteiger partial charge in [0.15, 0.2) is 11.5 Å². The molecule has 0 radical (unpaired) electrons.